The monoisotopic (exact) mass is 541 g/mol. The summed E-state index contributed by atoms with van der Waals surface area (Å²) in [5.74, 6) is 2.19. The van der Waals surface area contributed by atoms with Gasteiger partial charge in [-0.1, -0.05) is 12.1 Å². The summed E-state index contributed by atoms with van der Waals surface area (Å²) in [5.41, 5.74) is 2.12. The van der Waals surface area contributed by atoms with E-state index in [0.717, 1.165) is 55.0 Å². The molecular weight excluding hydrogens is 509 g/mol. The van der Waals surface area contributed by atoms with E-state index < -0.39 is 0 Å². The summed E-state index contributed by atoms with van der Waals surface area (Å²) < 4.78 is 16.5. The molecule has 1 saturated heterocycles. The Balaban J connectivity index is 0.00000341. The molecule has 1 aliphatic rings. The van der Waals surface area contributed by atoms with Crippen molar-refractivity contribution in [2.45, 2.75) is 12.6 Å². The molecule has 1 unspecified atom stereocenters. The lowest BCUT2D eigenvalue weighted by Gasteiger charge is -2.35. The molecule has 0 amide bonds. The smallest absolute Gasteiger partial charge is 0.191 e. The Hall–Kier alpha value is -2.11. The van der Waals surface area contributed by atoms with Crippen molar-refractivity contribution in [3.8, 4) is 11.5 Å². The first kappa shape index (κ1) is 25.2. The number of nitrogens with one attached hydrogen (secondary N) is 2. The third kappa shape index (κ3) is 7.22. The molecule has 8 nitrogen and oxygen atoms in total. The van der Waals surface area contributed by atoms with Gasteiger partial charge in [-0.3, -0.25) is 14.9 Å². The lowest BCUT2D eigenvalue weighted by atomic mass is 10.0. The second-order valence-electron chi connectivity index (χ2n) is 6.91. The predicted octanol–water partition coefficient (Wildman–Crippen LogP) is 2.46. The van der Waals surface area contributed by atoms with Crippen LogP contribution in [0.5, 0.6) is 11.5 Å². The maximum Gasteiger partial charge on any atom is 0.191 e. The Bertz CT molecular complexity index is 816. The minimum Gasteiger partial charge on any atom is -0.493 e. The van der Waals surface area contributed by atoms with E-state index in [4.69, 9.17) is 14.2 Å². The molecule has 170 valence electrons. The lowest BCUT2D eigenvalue weighted by molar-refractivity contribution is 0.0169. The third-order valence-electron chi connectivity index (χ3n) is 5.13. The molecule has 3 rings (SSSR count). The van der Waals surface area contributed by atoms with Crippen molar-refractivity contribution in [3.05, 3.63) is 53.9 Å². The van der Waals surface area contributed by atoms with E-state index in [-0.39, 0.29) is 30.0 Å². The molecule has 1 fully saturated rings. The molecule has 0 aliphatic carbocycles. The SMILES string of the molecule is CN=C(NCc1ccccn1)NCC(c1ccc(OC)c(OC)c1)N1CCOCC1.I. The van der Waals surface area contributed by atoms with Crippen molar-refractivity contribution in [1.29, 1.82) is 0 Å². The first-order valence-electron chi connectivity index (χ1n) is 10.1. The van der Waals surface area contributed by atoms with Gasteiger partial charge in [0.25, 0.3) is 0 Å². The number of aliphatic imine (C=N–C) groups is 1. The standard InChI is InChI=1S/C22H31N5O3.HI/c1-23-22(25-15-18-6-4-5-9-24-18)26-16-19(27-10-12-30-13-11-27)17-7-8-20(28-2)21(14-17)29-3;/h4-9,14,19H,10-13,15-16H2,1-3H3,(H2,23,25,26);1H. The van der Waals surface area contributed by atoms with Gasteiger partial charge in [-0.25, -0.2) is 0 Å². The molecule has 1 aliphatic heterocycles. The molecule has 2 N–H and O–H groups in total. The van der Waals surface area contributed by atoms with Crippen LogP contribution in [-0.4, -0.2) is 70.0 Å². The molecule has 2 aromatic rings. The van der Waals surface area contributed by atoms with Crippen LogP contribution in [0.4, 0.5) is 0 Å². The molecule has 1 aromatic carbocycles. The fourth-order valence-corrected chi connectivity index (χ4v) is 3.50. The summed E-state index contributed by atoms with van der Waals surface area (Å²) in [5, 5.41) is 6.78. The highest BCUT2D eigenvalue weighted by molar-refractivity contribution is 14.0. The number of benzene rings is 1. The largest absolute Gasteiger partial charge is 0.493 e. The van der Waals surface area contributed by atoms with Crippen LogP contribution in [-0.2, 0) is 11.3 Å². The highest BCUT2D eigenvalue weighted by atomic mass is 127. The van der Waals surface area contributed by atoms with Crippen LogP contribution in [0, 0.1) is 0 Å². The van der Waals surface area contributed by atoms with Gasteiger partial charge in [0.2, 0.25) is 0 Å². The Morgan fingerprint density at radius 1 is 1.13 bits per heavy atom. The molecule has 1 aromatic heterocycles. The Morgan fingerprint density at radius 2 is 1.90 bits per heavy atom. The number of halogens is 1. The Kier molecular flexibility index (Phi) is 10.8. The van der Waals surface area contributed by atoms with E-state index in [0.29, 0.717) is 13.1 Å². The minimum absolute atomic E-state index is 0. The van der Waals surface area contributed by atoms with Crippen molar-refractivity contribution in [3.63, 3.8) is 0 Å². The predicted molar refractivity (Wildman–Crippen MR) is 133 cm³/mol. The normalized spacial score (nSPS) is 15.5. The van der Waals surface area contributed by atoms with Gasteiger partial charge in [-0.2, -0.15) is 0 Å². The van der Waals surface area contributed by atoms with E-state index in [1.54, 1.807) is 27.5 Å². The van der Waals surface area contributed by atoms with Crippen molar-refractivity contribution >= 4 is 29.9 Å². The van der Waals surface area contributed by atoms with Gasteiger partial charge in [0.05, 0.1) is 45.7 Å². The zero-order chi connectivity index (χ0) is 21.2. The van der Waals surface area contributed by atoms with Gasteiger partial charge >= 0.3 is 0 Å². The van der Waals surface area contributed by atoms with E-state index >= 15 is 0 Å². The van der Waals surface area contributed by atoms with Gasteiger partial charge in [0.15, 0.2) is 17.5 Å². The molecule has 2 heterocycles. The van der Waals surface area contributed by atoms with Gasteiger partial charge in [0.1, 0.15) is 0 Å². The maximum absolute atomic E-state index is 5.55. The maximum atomic E-state index is 5.55. The number of ether oxygens (including phenoxy) is 3. The van der Waals surface area contributed by atoms with Gasteiger partial charge in [-0.15, -0.1) is 24.0 Å². The summed E-state index contributed by atoms with van der Waals surface area (Å²) >= 11 is 0. The van der Waals surface area contributed by atoms with Crippen LogP contribution < -0.4 is 20.1 Å². The van der Waals surface area contributed by atoms with Gasteiger partial charge < -0.3 is 24.8 Å². The molecule has 0 radical (unpaired) electrons. The lowest BCUT2D eigenvalue weighted by Crippen LogP contribution is -2.46. The van der Waals surface area contributed by atoms with Crippen LogP contribution >= 0.6 is 24.0 Å². The summed E-state index contributed by atoms with van der Waals surface area (Å²) in [6.07, 6.45) is 1.79. The van der Waals surface area contributed by atoms with Crippen LogP contribution in [0.15, 0.2) is 47.6 Å². The average Bonchev–Trinajstić information content (AvgIpc) is 2.82. The summed E-state index contributed by atoms with van der Waals surface area (Å²) in [7, 11) is 5.08. The Morgan fingerprint density at radius 3 is 2.55 bits per heavy atom. The zero-order valence-electron chi connectivity index (χ0n) is 18.3. The van der Waals surface area contributed by atoms with E-state index in [1.165, 1.54) is 0 Å². The van der Waals surface area contributed by atoms with Crippen LogP contribution in [0.25, 0.3) is 0 Å². The van der Waals surface area contributed by atoms with Crippen LogP contribution in [0.1, 0.15) is 17.3 Å². The third-order valence-corrected chi connectivity index (χ3v) is 5.13. The fraction of sp³-hybridized carbons (Fsp3) is 0.455. The second kappa shape index (κ2) is 13.3. The molecule has 31 heavy (non-hydrogen) atoms. The molecule has 1 atom stereocenters. The zero-order valence-corrected chi connectivity index (χ0v) is 20.7. The first-order chi connectivity index (χ1) is 14.7. The summed E-state index contributed by atoms with van der Waals surface area (Å²) in [6.45, 7) is 4.52. The fourth-order valence-electron chi connectivity index (χ4n) is 3.50. The number of hydrogen-bond donors (Lipinski definition) is 2. The number of guanidine groups is 1. The molecular formula is C22H32IN5O3. The van der Waals surface area contributed by atoms with E-state index in [1.807, 2.05) is 30.3 Å². The molecule has 0 saturated carbocycles. The van der Waals surface area contributed by atoms with Crippen molar-refractivity contribution in [2.75, 3.05) is 54.1 Å². The van der Waals surface area contributed by atoms with Crippen molar-refractivity contribution < 1.29 is 14.2 Å². The number of rotatable bonds is 8. The topological polar surface area (TPSA) is 80.2 Å². The molecule has 0 spiro atoms. The van der Waals surface area contributed by atoms with Crippen LogP contribution in [0.3, 0.4) is 0 Å². The number of morpholine rings is 1. The van der Waals surface area contributed by atoms with Gasteiger partial charge in [0, 0.05) is 32.9 Å². The van der Waals surface area contributed by atoms with E-state index in [2.05, 4.69) is 31.6 Å². The molecule has 9 heteroatoms. The Labute approximate surface area is 201 Å². The van der Waals surface area contributed by atoms with E-state index in [9.17, 15) is 0 Å². The number of aromatic nitrogens is 1. The first-order valence-corrected chi connectivity index (χ1v) is 10.1. The summed E-state index contributed by atoms with van der Waals surface area (Å²) in [4.78, 5) is 11.1. The number of hydrogen-bond acceptors (Lipinski definition) is 6. The number of pyridine rings is 1. The van der Waals surface area contributed by atoms with Crippen LogP contribution in [0.2, 0.25) is 0 Å². The van der Waals surface area contributed by atoms with Crippen molar-refractivity contribution in [2.24, 2.45) is 4.99 Å². The molecule has 0 bridgehead atoms. The highest BCUT2D eigenvalue weighted by Crippen LogP contribution is 2.32. The van der Waals surface area contributed by atoms with Gasteiger partial charge in [-0.05, 0) is 29.8 Å². The number of methoxy groups -OCH3 is 2. The average molecular weight is 541 g/mol. The minimum atomic E-state index is 0. The van der Waals surface area contributed by atoms with Crippen molar-refractivity contribution in [1.82, 2.24) is 20.5 Å². The number of nitrogens with zero attached hydrogens (tertiary/aromatic N) is 3. The quantitative estimate of drug-likeness (QED) is 0.302. The highest BCUT2D eigenvalue weighted by Gasteiger charge is 2.24. The second-order valence-corrected chi connectivity index (χ2v) is 6.91. The summed E-state index contributed by atoms with van der Waals surface area (Å²) in [6, 6.07) is 12.1.